The van der Waals surface area contributed by atoms with Crippen LogP contribution in [0.4, 0.5) is 4.39 Å². The molecule has 2 amide bonds. The summed E-state index contributed by atoms with van der Waals surface area (Å²) in [6.07, 6.45) is 3.93. The first kappa shape index (κ1) is 27.8. The van der Waals surface area contributed by atoms with Crippen LogP contribution in [0.3, 0.4) is 0 Å². The van der Waals surface area contributed by atoms with Crippen LogP contribution in [0.15, 0.2) is 94.3 Å². The maximum atomic E-state index is 13.7. The minimum absolute atomic E-state index is 0.00318. The van der Waals surface area contributed by atoms with Crippen LogP contribution in [0, 0.1) is 5.82 Å². The van der Waals surface area contributed by atoms with Crippen LogP contribution < -0.4 is 5.43 Å². The number of aryl methyl sites for hydroxylation is 1. The summed E-state index contributed by atoms with van der Waals surface area (Å²) in [6.45, 7) is 2.56. The number of benzene rings is 3. The molecule has 6 nitrogen and oxygen atoms in total. The molecule has 0 aliphatic carbocycles. The number of carbonyl (C=O) groups excluding carboxylic acids is 2. The Balaban J connectivity index is 1.55. The van der Waals surface area contributed by atoms with Gasteiger partial charge in [0.25, 0.3) is 0 Å². The van der Waals surface area contributed by atoms with E-state index in [0.29, 0.717) is 41.5 Å². The molecule has 7 heteroatoms. The van der Waals surface area contributed by atoms with E-state index in [2.05, 4.69) is 0 Å². The number of hydrogen-bond donors (Lipinski definition) is 0. The highest BCUT2D eigenvalue weighted by Crippen LogP contribution is 2.15. The molecule has 4 rings (SSSR count). The molecule has 4 aromatic rings. The van der Waals surface area contributed by atoms with E-state index in [9.17, 15) is 18.8 Å². The van der Waals surface area contributed by atoms with Crippen LogP contribution in [-0.4, -0.2) is 34.7 Å². The number of unbranched alkanes of at least 4 members (excludes halogenated alkanes) is 1. The Hall–Kier alpha value is -4.26. The van der Waals surface area contributed by atoms with Gasteiger partial charge >= 0.3 is 0 Å². The fourth-order valence-electron chi connectivity index (χ4n) is 4.43. The highest BCUT2D eigenvalue weighted by atomic mass is 19.1. The van der Waals surface area contributed by atoms with Crippen LogP contribution in [-0.2, 0) is 29.1 Å². The first-order chi connectivity index (χ1) is 18.9. The average molecular weight is 529 g/mol. The van der Waals surface area contributed by atoms with E-state index in [-0.39, 0.29) is 42.7 Å². The SMILES string of the molecule is CCCCN(CC(=O)N(Cc1ccc(F)cc1)Cc1coc2ccccc2c1=O)C(=O)CCc1ccccc1. The summed E-state index contributed by atoms with van der Waals surface area (Å²) in [5, 5.41) is 0.435. The minimum Gasteiger partial charge on any atom is -0.464 e. The zero-order valence-corrected chi connectivity index (χ0v) is 22.1. The second-order valence-corrected chi connectivity index (χ2v) is 9.62. The van der Waals surface area contributed by atoms with Crippen molar-refractivity contribution in [3.63, 3.8) is 0 Å². The van der Waals surface area contributed by atoms with E-state index in [0.717, 1.165) is 18.4 Å². The van der Waals surface area contributed by atoms with Gasteiger partial charge in [0.15, 0.2) is 5.43 Å². The van der Waals surface area contributed by atoms with Gasteiger partial charge in [-0.25, -0.2) is 4.39 Å². The summed E-state index contributed by atoms with van der Waals surface area (Å²) in [5.74, 6) is -0.759. The summed E-state index contributed by atoms with van der Waals surface area (Å²) >= 11 is 0. The first-order valence-electron chi connectivity index (χ1n) is 13.3. The number of para-hydroxylation sites is 1. The second-order valence-electron chi connectivity index (χ2n) is 9.62. The summed E-state index contributed by atoms with van der Waals surface area (Å²) in [5.41, 5.74) is 2.37. The third-order valence-corrected chi connectivity index (χ3v) is 6.68. The zero-order valence-electron chi connectivity index (χ0n) is 22.1. The Morgan fingerprint density at radius 2 is 1.54 bits per heavy atom. The average Bonchev–Trinajstić information content (AvgIpc) is 2.96. The smallest absolute Gasteiger partial charge is 0.242 e. The second kappa shape index (κ2) is 13.5. The van der Waals surface area contributed by atoms with Gasteiger partial charge in [-0.3, -0.25) is 14.4 Å². The quantitative estimate of drug-likeness (QED) is 0.236. The molecule has 39 heavy (non-hydrogen) atoms. The van der Waals surface area contributed by atoms with Gasteiger partial charge in [0.1, 0.15) is 11.4 Å². The Morgan fingerprint density at radius 1 is 0.821 bits per heavy atom. The van der Waals surface area contributed by atoms with Gasteiger partial charge in [-0.1, -0.05) is 67.9 Å². The lowest BCUT2D eigenvalue weighted by atomic mass is 10.1. The standard InChI is InChI=1S/C32H33FN2O4/c1-2-3-19-34(30(36)18-15-24-9-5-4-6-10-24)22-31(37)35(20-25-13-16-27(33)17-14-25)21-26-23-39-29-12-8-7-11-28(29)32(26)38/h4-14,16-17,23H,2-3,15,18-22H2,1H3. The first-order valence-corrected chi connectivity index (χ1v) is 13.3. The van der Waals surface area contributed by atoms with E-state index in [1.54, 1.807) is 41.3 Å². The van der Waals surface area contributed by atoms with Gasteiger partial charge in [0.2, 0.25) is 11.8 Å². The summed E-state index contributed by atoms with van der Waals surface area (Å²) < 4.78 is 19.2. The van der Waals surface area contributed by atoms with Crippen molar-refractivity contribution >= 4 is 22.8 Å². The predicted molar refractivity (Wildman–Crippen MR) is 149 cm³/mol. The molecule has 0 aliphatic rings. The Kier molecular flexibility index (Phi) is 9.62. The highest BCUT2D eigenvalue weighted by Gasteiger charge is 2.23. The topological polar surface area (TPSA) is 70.8 Å². The summed E-state index contributed by atoms with van der Waals surface area (Å²) in [4.78, 5) is 43.2. The van der Waals surface area contributed by atoms with Crippen molar-refractivity contribution in [2.75, 3.05) is 13.1 Å². The van der Waals surface area contributed by atoms with Gasteiger partial charge in [-0.05, 0) is 48.2 Å². The zero-order chi connectivity index (χ0) is 27.6. The monoisotopic (exact) mass is 528 g/mol. The van der Waals surface area contributed by atoms with Crippen LogP contribution in [0.2, 0.25) is 0 Å². The molecule has 0 saturated carbocycles. The number of halogens is 1. The van der Waals surface area contributed by atoms with E-state index in [4.69, 9.17) is 4.42 Å². The Labute approximate surface area is 227 Å². The lowest BCUT2D eigenvalue weighted by molar-refractivity contribution is -0.141. The van der Waals surface area contributed by atoms with Crippen molar-refractivity contribution in [2.45, 2.75) is 45.7 Å². The van der Waals surface area contributed by atoms with Crippen LogP contribution >= 0.6 is 0 Å². The van der Waals surface area contributed by atoms with Crippen molar-refractivity contribution in [3.8, 4) is 0 Å². The molecule has 3 aromatic carbocycles. The number of fused-ring (bicyclic) bond motifs is 1. The van der Waals surface area contributed by atoms with Gasteiger partial charge in [-0.2, -0.15) is 0 Å². The lowest BCUT2D eigenvalue weighted by Crippen LogP contribution is -2.43. The molecule has 0 spiro atoms. The van der Waals surface area contributed by atoms with E-state index in [1.807, 2.05) is 37.3 Å². The maximum Gasteiger partial charge on any atom is 0.242 e. The molecular formula is C32H33FN2O4. The molecule has 0 N–H and O–H groups in total. The molecular weight excluding hydrogens is 495 g/mol. The fraction of sp³-hybridized carbons (Fsp3) is 0.281. The van der Waals surface area contributed by atoms with Crippen molar-refractivity contribution in [3.05, 3.63) is 118 Å². The predicted octanol–water partition coefficient (Wildman–Crippen LogP) is 5.72. The Morgan fingerprint density at radius 3 is 2.28 bits per heavy atom. The molecule has 0 bridgehead atoms. The van der Waals surface area contributed by atoms with E-state index < -0.39 is 0 Å². The highest BCUT2D eigenvalue weighted by molar-refractivity contribution is 5.85. The number of carbonyl (C=O) groups is 2. The van der Waals surface area contributed by atoms with Gasteiger partial charge < -0.3 is 14.2 Å². The van der Waals surface area contributed by atoms with Gasteiger partial charge in [0, 0.05) is 19.5 Å². The molecule has 0 unspecified atom stereocenters. The third kappa shape index (κ3) is 7.63. The largest absolute Gasteiger partial charge is 0.464 e. The lowest BCUT2D eigenvalue weighted by Gasteiger charge is -2.28. The maximum absolute atomic E-state index is 13.7. The van der Waals surface area contributed by atoms with Crippen LogP contribution in [0.1, 0.15) is 42.9 Å². The van der Waals surface area contributed by atoms with Gasteiger partial charge in [-0.15, -0.1) is 0 Å². The molecule has 0 radical (unpaired) electrons. The molecule has 0 saturated heterocycles. The van der Waals surface area contributed by atoms with Crippen LogP contribution in [0.25, 0.3) is 11.0 Å². The summed E-state index contributed by atoms with van der Waals surface area (Å²) in [7, 11) is 0. The van der Waals surface area contributed by atoms with Crippen molar-refractivity contribution in [1.82, 2.24) is 9.80 Å². The summed E-state index contributed by atoms with van der Waals surface area (Å²) in [6, 6.07) is 22.6. The molecule has 0 atom stereocenters. The van der Waals surface area contributed by atoms with Crippen molar-refractivity contribution in [2.24, 2.45) is 0 Å². The van der Waals surface area contributed by atoms with Crippen molar-refractivity contribution < 1.29 is 18.4 Å². The van der Waals surface area contributed by atoms with Gasteiger partial charge in [0.05, 0.1) is 30.3 Å². The molecule has 0 fully saturated rings. The molecule has 1 aromatic heterocycles. The molecule has 0 aliphatic heterocycles. The normalized spacial score (nSPS) is 10.9. The third-order valence-electron chi connectivity index (χ3n) is 6.68. The molecule has 1 heterocycles. The number of nitrogens with zero attached hydrogens (tertiary/aromatic N) is 2. The minimum atomic E-state index is -0.374. The number of amides is 2. The van der Waals surface area contributed by atoms with E-state index >= 15 is 0 Å². The number of hydrogen-bond acceptors (Lipinski definition) is 4. The molecule has 202 valence electrons. The van der Waals surface area contributed by atoms with Crippen LogP contribution in [0.5, 0.6) is 0 Å². The number of rotatable bonds is 12. The fourth-order valence-corrected chi connectivity index (χ4v) is 4.43. The van der Waals surface area contributed by atoms with E-state index in [1.165, 1.54) is 23.3 Å². The Bertz CT molecular complexity index is 1450. The van der Waals surface area contributed by atoms with Crippen molar-refractivity contribution in [1.29, 1.82) is 0 Å².